The summed E-state index contributed by atoms with van der Waals surface area (Å²) < 4.78 is 0. The van der Waals surface area contributed by atoms with Crippen LogP contribution in [0.15, 0.2) is 48.8 Å². The van der Waals surface area contributed by atoms with Gasteiger partial charge in [-0.1, -0.05) is 24.3 Å². The maximum Gasteiger partial charge on any atom is 0.317 e. The maximum atomic E-state index is 12.3. The van der Waals surface area contributed by atoms with Crippen LogP contribution in [0.2, 0.25) is 0 Å². The zero-order valence-corrected chi connectivity index (χ0v) is 14.2. The number of nitrogens with zero attached hydrogens (tertiary/aromatic N) is 2. The Labute approximate surface area is 143 Å². The molecule has 4 heteroatoms. The number of aromatic nitrogens is 1. The van der Waals surface area contributed by atoms with Gasteiger partial charge in [0.15, 0.2) is 0 Å². The molecular formula is C20H25N3O. The van der Waals surface area contributed by atoms with Crippen LogP contribution in [0.3, 0.4) is 0 Å². The first-order valence-corrected chi connectivity index (χ1v) is 8.68. The molecule has 1 aromatic carbocycles. The minimum absolute atomic E-state index is 0.0702. The maximum absolute atomic E-state index is 12.3. The molecule has 1 unspecified atom stereocenters. The molecule has 1 atom stereocenters. The first-order valence-electron chi connectivity index (χ1n) is 8.68. The molecule has 1 fully saturated rings. The third kappa shape index (κ3) is 4.34. The number of pyridine rings is 1. The number of nitrogens with one attached hydrogen (secondary N) is 1. The molecule has 1 N–H and O–H groups in total. The highest BCUT2D eigenvalue weighted by atomic mass is 16.2. The fourth-order valence-corrected chi connectivity index (χ4v) is 3.34. The highest BCUT2D eigenvalue weighted by Gasteiger charge is 2.26. The first-order chi connectivity index (χ1) is 11.7. The Bertz CT molecular complexity index is 672. The number of benzene rings is 1. The molecule has 24 heavy (non-hydrogen) atoms. The van der Waals surface area contributed by atoms with Crippen molar-refractivity contribution in [1.29, 1.82) is 0 Å². The number of carbonyl (C=O) groups excluding carboxylic acids is 1. The van der Waals surface area contributed by atoms with Crippen molar-refractivity contribution < 1.29 is 4.79 Å². The van der Waals surface area contributed by atoms with Gasteiger partial charge in [-0.2, -0.15) is 0 Å². The molecule has 1 aliphatic rings. The molecule has 0 spiro atoms. The summed E-state index contributed by atoms with van der Waals surface area (Å²) in [6.07, 6.45) is 6.65. The van der Waals surface area contributed by atoms with Gasteiger partial charge >= 0.3 is 6.03 Å². The molecule has 4 nitrogen and oxygen atoms in total. The van der Waals surface area contributed by atoms with Crippen molar-refractivity contribution in [3.63, 3.8) is 0 Å². The number of urea groups is 1. The third-order valence-electron chi connectivity index (χ3n) is 4.78. The second-order valence-electron chi connectivity index (χ2n) is 6.57. The lowest BCUT2D eigenvalue weighted by molar-refractivity contribution is 0.207. The second-order valence-corrected chi connectivity index (χ2v) is 6.57. The fraction of sp³-hybridized carbons (Fsp3) is 0.400. The summed E-state index contributed by atoms with van der Waals surface area (Å²) in [5.41, 5.74) is 3.89. The molecule has 126 valence electrons. The molecule has 2 heterocycles. The first kappa shape index (κ1) is 16.5. The van der Waals surface area contributed by atoms with E-state index in [1.165, 1.54) is 16.7 Å². The molecule has 1 aromatic heterocycles. The average Bonchev–Trinajstić information content (AvgIpc) is 3.06. The summed E-state index contributed by atoms with van der Waals surface area (Å²) in [6.45, 7) is 4.50. The van der Waals surface area contributed by atoms with Gasteiger partial charge in [0.2, 0.25) is 0 Å². The van der Waals surface area contributed by atoms with Crippen molar-refractivity contribution in [2.24, 2.45) is 5.92 Å². The number of hydrogen-bond donors (Lipinski definition) is 1. The van der Waals surface area contributed by atoms with Crippen LogP contribution in [0.1, 0.15) is 23.1 Å². The van der Waals surface area contributed by atoms with E-state index in [1.54, 1.807) is 0 Å². The van der Waals surface area contributed by atoms with Crippen molar-refractivity contribution in [1.82, 2.24) is 15.2 Å². The van der Waals surface area contributed by atoms with Gasteiger partial charge < -0.3 is 10.2 Å². The molecule has 2 amide bonds. The van der Waals surface area contributed by atoms with Crippen LogP contribution in [-0.2, 0) is 12.8 Å². The minimum atomic E-state index is 0.0702. The van der Waals surface area contributed by atoms with E-state index in [2.05, 4.69) is 41.5 Å². The van der Waals surface area contributed by atoms with Crippen LogP contribution in [0, 0.1) is 12.8 Å². The van der Waals surface area contributed by atoms with Crippen LogP contribution in [0.5, 0.6) is 0 Å². The molecule has 0 bridgehead atoms. The Hall–Kier alpha value is -2.36. The quantitative estimate of drug-likeness (QED) is 0.918. The van der Waals surface area contributed by atoms with Gasteiger partial charge in [0.25, 0.3) is 0 Å². The summed E-state index contributed by atoms with van der Waals surface area (Å²) in [5, 5.41) is 3.06. The number of carbonyl (C=O) groups is 1. The number of rotatable bonds is 5. The van der Waals surface area contributed by atoms with Crippen LogP contribution in [-0.4, -0.2) is 35.5 Å². The van der Waals surface area contributed by atoms with Gasteiger partial charge in [-0.15, -0.1) is 0 Å². The van der Waals surface area contributed by atoms with E-state index in [-0.39, 0.29) is 6.03 Å². The van der Waals surface area contributed by atoms with E-state index >= 15 is 0 Å². The Balaban J connectivity index is 1.42. The standard InChI is InChI=1S/C20H25N3O/c1-16-4-2-3-5-19(16)8-12-22-20(24)23-13-9-18(15-23)14-17-6-10-21-11-7-17/h2-7,10-11,18H,8-9,12-15H2,1H3,(H,22,24). The molecule has 1 saturated heterocycles. The molecule has 0 aliphatic carbocycles. The van der Waals surface area contributed by atoms with Gasteiger partial charge in [0.1, 0.15) is 0 Å². The summed E-state index contributed by atoms with van der Waals surface area (Å²) in [5.74, 6) is 0.550. The monoisotopic (exact) mass is 323 g/mol. The SMILES string of the molecule is Cc1ccccc1CCNC(=O)N1CCC(Cc2ccncc2)C1. The minimum Gasteiger partial charge on any atom is -0.338 e. The molecule has 0 radical (unpaired) electrons. The summed E-state index contributed by atoms with van der Waals surface area (Å²) in [7, 11) is 0. The predicted molar refractivity (Wildman–Crippen MR) is 95.9 cm³/mol. The molecule has 2 aromatic rings. The number of hydrogen-bond acceptors (Lipinski definition) is 2. The van der Waals surface area contributed by atoms with E-state index in [4.69, 9.17) is 0 Å². The number of amides is 2. The Morgan fingerprint density at radius 3 is 2.83 bits per heavy atom. The van der Waals surface area contributed by atoms with Crippen LogP contribution in [0.25, 0.3) is 0 Å². The summed E-state index contributed by atoms with van der Waals surface area (Å²) >= 11 is 0. The van der Waals surface area contributed by atoms with Crippen LogP contribution < -0.4 is 5.32 Å². The van der Waals surface area contributed by atoms with Crippen molar-refractivity contribution in [2.45, 2.75) is 26.2 Å². The molecular weight excluding hydrogens is 298 g/mol. The molecule has 1 aliphatic heterocycles. The topological polar surface area (TPSA) is 45.2 Å². The Kier molecular flexibility index (Phi) is 5.47. The Morgan fingerprint density at radius 1 is 1.25 bits per heavy atom. The normalized spacial score (nSPS) is 17.0. The van der Waals surface area contributed by atoms with Gasteiger partial charge in [-0.05, 0) is 60.9 Å². The van der Waals surface area contributed by atoms with E-state index in [0.29, 0.717) is 12.5 Å². The second kappa shape index (κ2) is 7.95. The highest BCUT2D eigenvalue weighted by Crippen LogP contribution is 2.20. The van der Waals surface area contributed by atoms with Crippen molar-refractivity contribution in [3.8, 4) is 0 Å². The van der Waals surface area contributed by atoms with Gasteiger partial charge in [-0.3, -0.25) is 4.98 Å². The molecule has 0 saturated carbocycles. The van der Waals surface area contributed by atoms with E-state index < -0.39 is 0 Å². The van der Waals surface area contributed by atoms with Gasteiger partial charge in [-0.25, -0.2) is 4.79 Å². The van der Waals surface area contributed by atoms with Crippen molar-refractivity contribution in [2.75, 3.05) is 19.6 Å². The Morgan fingerprint density at radius 2 is 2.04 bits per heavy atom. The lowest BCUT2D eigenvalue weighted by Gasteiger charge is -2.17. The van der Waals surface area contributed by atoms with Crippen LogP contribution >= 0.6 is 0 Å². The van der Waals surface area contributed by atoms with Gasteiger partial charge in [0.05, 0.1) is 0 Å². The predicted octanol–water partition coefficient (Wildman–Crippen LogP) is 3.21. The van der Waals surface area contributed by atoms with Crippen LogP contribution in [0.4, 0.5) is 4.79 Å². The smallest absolute Gasteiger partial charge is 0.317 e. The van der Waals surface area contributed by atoms with Crippen molar-refractivity contribution >= 4 is 6.03 Å². The summed E-state index contributed by atoms with van der Waals surface area (Å²) in [6, 6.07) is 12.5. The zero-order valence-electron chi connectivity index (χ0n) is 14.2. The molecule has 3 rings (SSSR count). The van der Waals surface area contributed by atoms with Crippen molar-refractivity contribution in [3.05, 3.63) is 65.5 Å². The van der Waals surface area contributed by atoms with E-state index in [9.17, 15) is 4.79 Å². The van der Waals surface area contributed by atoms with E-state index in [1.807, 2.05) is 29.4 Å². The third-order valence-corrected chi connectivity index (χ3v) is 4.78. The number of likely N-dealkylation sites (tertiary alicyclic amines) is 1. The lowest BCUT2D eigenvalue weighted by atomic mass is 10.00. The lowest BCUT2D eigenvalue weighted by Crippen LogP contribution is -2.39. The fourth-order valence-electron chi connectivity index (χ4n) is 3.34. The van der Waals surface area contributed by atoms with E-state index in [0.717, 1.165) is 32.4 Å². The zero-order chi connectivity index (χ0) is 16.8. The highest BCUT2D eigenvalue weighted by molar-refractivity contribution is 5.74. The average molecular weight is 323 g/mol. The largest absolute Gasteiger partial charge is 0.338 e. The number of aryl methyl sites for hydroxylation is 1. The summed E-state index contributed by atoms with van der Waals surface area (Å²) in [4.78, 5) is 18.3. The van der Waals surface area contributed by atoms with Gasteiger partial charge in [0, 0.05) is 32.0 Å².